The van der Waals surface area contributed by atoms with Gasteiger partial charge in [-0.1, -0.05) is 12.1 Å². The van der Waals surface area contributed by atoms with Crippen LogP contribution in [0.3, 0.4) is 0 Å². The van der Waals surface area contributed by atoms with Crippen LogP contribution in [0.2, 0.25) is 0 Å². The summed E-state index contributed by atoms with van der Waals surface area (Å²) in [4.78, 5) is 20.2. The van der Waals surface area contributed by atoms with Gasteiger partial charge in [-0.3, -0.25) is 9.78 Å². The Kier molecular flexibility index (Phi) is 15.7. The van der Waals surface area contributed by atoms with Crippen LogP contribution in [0.15, 0.2) is 60.8 Å². The molecule has 0 saturated heterocycles. The van der Waals surface area contributed by atoms with Crippen molar-refractivity contribution in [3.63, 3.8) is 0 Å². The molecule has 0 aliphatic heterocycles. The van der Waals surface area contributed by atoms with Crippen LogP contribution in [0.25, 0.3) is 11.3 Å². The topological polar surface area (TPSA) is 108 Å². The lowest BCUT2D eigenvalue weighted by Crippen LogP contribution is -2.22. The minimum Gasteiger partial charge on any atom is -0.379 e. The number of amides is 1. The number of benzene rings is 2. The molecule has 0 bridgehead atoms. The Bertz CT molecular complexity index is 1230. The molecule has 234 valence electrons. The fourth-order valence-electron chi connectivity index (χ4n) is 4.61. The number of anilines is 2. The summed E-state index contributed by atoms with van der Waals surface area (Å²) in [5, 5.41) is 3.14. The Morgan fingerprint density at radius 1 is 0.837 bits per heavy atom. The van der Waals surface area contributed by atoms with Crippen molar-refractivity contribution in [1.29, 1.82) is 0 Å². The fourth-order valence-corrected chi connectivity index (χ4v) is 4.61. The number of aryl methyl sites for hydroxylation is 2. The molecule has 9 nitrogen and oxygen atoms in total. The Morgan fingerprint density at radius 2 is 1.51 bits per heavy atom. The highest BCUT2D eigenvalue weighted by molar-refractivity contribution is 6.06. The van der Waals surface area contributed by atoms with Gasteiger partial charge in [-0.05, 0) is 87.2 Å². The summed E-state index contributed by atoms with van der Waals surface area (Å²) in [5.74, 6) is -0.146. The van der Waals surface area contributed by atoms with Crippen LogP contribution in [0.4, 0.5) is 11.4 Å². The second-order valence-electron chi connectivity index (χ2n) is 10.1. The van der Waals surface area contributed by atoms with Crippen molar-refractivity contribution < 1.29 is 23.7 Å². The number of nitrogens with zero attached hydrogens (tertiary/aromatic N) is 2. The number of hydrogen-bond acceptors (Lipinski definition) is 8. The number of ether oxygens (including phenoxy) is 4. The van der Waals surface area contributed by atoms with Gasteiger partial charge in [0.2, 0.25) is 0 Å². The third-order valence-corrected chi connectivity index (χ3v) is 6.89. The van der Waals surface area contributed by atoms with Crippen LogP contribution in [-0.4, -0.2) is 83.4 Å². The zero-order valence-corrected chi connectivity index (χ0v) is 26.0. The Labute approximate surface area is 256 Å². The Balaban J connectivity index is 1.47. The highest BCUT2D eigenvalue weighted by atomic mass is 16.6. The summed E-state index contributed by atoms with van der Waals surface area (Å²) in [7, 11) is 0. The molecule has 3 aromatic rings. The highest BCUT2D eigenvalue weighted by Crippen LogP contribution is 2.32. The van der Waals surface area contributed by atoms with Crippen molar-refractivity contribution in [3.05, 3.63) is 77.5 Å². The minimum absolute atomic E-state index is 0.146. The maximum absolute atomic E-state index is 13.3. The Morgan fingerprint density at radius 3 is 2.16 bits per heavy atom. The SMILES string of the molecule is CCN(CC)c1ccc(NC(=O)c2cccc(CCCOCCOCCOCCOCCN)c2)c(-c2cc(C)ccn2)c1. The fraction of sp³-hybridized carbons (Fsp3) is 0.471. The van der Waals surface area contributed by atoms with Crippen LogP contribution in [0.5, 0.6) is 0 Å². The third kappa shape index (κ3) is 12.1. The molecule has 9 heteroatoms. The van der Waals surface area contributed by atoms with E-state index in [1.54, 1.807) is 6.20 Å². The van der Waals surface area contributed by atoms with Crippen molar-refractivity contribution in [1.82, 2.24) is 4.98 Å². The van der Waals surface area contributed by atoms with Gasteiger partial charge in [-0.15, -0.1) is 0 Å². The molecular weight excluding hydrogens is 544 g/mol. The van der Waals surface area contributed by atoms with Gasteiger partial charge in [0.05, 0.1) is 57.6 Å². The molecule has 0 radical (unpaired) electrons. The molecule has 3 N–H and O–H groups in total. The van der Waals surface area contributed by atoms with E-state index in [2.05, 4.69) is 41.2 Å². The lowest BCUT2D eigenvalue weighted by atomic mass is 10.0. The van der Waals surface area contributed by atoms with Crippen LogP contribution >= 0.6 is 0 Å². The maximum Gasteiger partial charge on any atom is 0.255 e. The van der Waals surface area contributed by atoms with Gasteiger partial charge in [0, 0.05) is 49.3 Å². The van der Waals surface area contributed by atoms with E-state index in [4.69, 9.17) is 24.7 Å². The molecule has 0 aliphatic carbocycles. The van der Waals surface area contributed by atoms with Gasteiger partial charge >= 0.3 is 0 Å². The van der Waals surface area contributed by atoms with Gasteiger partial charge in [0.1, 0.15) is 0 Å². The number of rotatable bonds is 21. The maximum atomic E-state index is 13.3. The van der Waals surface area contributed by atoms with Gasteiger partial charge < -0.3 is 34.9 Å². The van der Waals surface area contributed by atoms with Crippen molar-refractivity contribution in [3.8, 4) is 11.3 Å². The van der Waals surface area contributed by atoms with Crippen LogP contribution < -0.4 is 16.0 Å². The van der Waals surface area contributed by atoms with E-state index in [-0.39, 0.29) is 5.91 Å². The number of nitrogens with two attached hydrogens (primary N) is 1. The molecule has 0 atom stereocenters. The van der Waals surface area contributed by atoms with Crippen molar-refractivity contribution in [2.45, 2.75) is 33.6 Å². The summed E-state index contributed by atoms with van der Waals surface area (Å²) in [6, 6.07) is 17.9. The van der Waals surface area contributed by atoms with E-state index < -0.39 is 0 Å². The van der Waals surface area contributed by atoms with E-state index in [0.717, 1.165) is 59.7 Å². The molecule has 3 rings (SSSR count). The number of pyridine rings is 1. The van der Waals surface area contributed by atoms with Gasteiger partial charge in [-0.25, -0.2) is 0 Å². The molecule has 1 aromatic heterocycles. The summed E-state index contributed by atoms with van der Waals surface area (Å²) in [6.07, 6.45) is 3.48. The molecule has 1 amide bonds. The predicted molar refractivity (Wildman–Crippen MR) is 173 cm³/mol. The van der Waals surface area contributed by atoms with E-state index in [1.807, 2.05) is 49.4 Å². The van der Waals surface area contributed by atoms with Gasteiger partial charge in [0.15, 0.2) is 0 Å². The van der Waals surface area contributed by atoms with E-state index in [1.165, 1.54) is 0 Å². The lowest BCUT2D eigenvalue weighted by molar-refractivity contribution is -0.00118. The van der Waals surface area contributed by atoms with E-state index >= 15 is 0 Å². The van der Waals surface area contributed by atoms with Crippen molar-refractivity contribution in [2.24, 2.45) is 5.73 Å². The highest BCUT2D eigenvalue weighted by Gasteiger charge is 2.15. The zero-order valence-electron chi connectivity index (χ0n) is 26.0. The molecule has 0 aliphatic rings. The normalized spacial score (nSPS) is 11.1. The summed E-state index contributed by atoms with van der Waals surface area (Å²) >= 11 is 0. The molecule has 43 heavy (non-hydrogen) atoms. The third-order valence-electron chi connectivity index (χ3n) is 6.89. The molecule has 2 aromatic carbocycles. The number of carbonyl (C=O) groups excluding carboxylic acids is 1. The first-order chi connectivity index (χ1) is 21.0. The van der Waals surface area contributed by atoms with Crippen LogP contribution in [0, 0.1) is 6.92 Å². The summed E-state index contributed by atoms with van der Waals surface area (Å²) < 4.78 is 21.9. The largest absolute Gasteiger partial charge is 0.379 e. The number of aromatic nitrogens is 1. The molecule has 0 spiro atoms. The summed E-state index contributed by atoms with van der Waals surface area (Å²) in [6.45, 7) is 13.0. The second-order valence-corrected chi connectivity index (χ2v) is 10.1. The lowest BCUT2D eigenvalue weighted by Gasteiger charge is -2.23. The first kappa shape index (κ1) is 34.2. The zero-order chi connectivity index (χ0) is 30.7. The number of carbonyl (C=O) groups is 1. The second kappa shape index (κ2) is 19.8. The van der Waals surface area contributed by atoms with Crippen molar-refractivity contribution in [2.75, 3.05) is 82.7 Å². The number of hydrogen-bond donors (Lipinski definition) is 2. The smallest absolute Gasteiger partial charge is 0.255 e. The molecule has 0 saturated carbocycles. The van der Waals surface area contributed by atoms with Crippen molar-refractivity contribution >= 4 is 17.3 Å². The monoisotopic (exact) mass is 592 g/mol. The first-order valence-corrected chi connectivity index (χ1v) is 15.3. The minimum atomic E-state index is -0.146. The van der Waals surface area contributed by atoms with Gasteiger partial charge in [0.25, 0.3) is 5.91 Å². The van der Waals surface area contributed by atoms with Gasteiger partial charge in [-0.2, -0.15) is 0 Å². The van der Waals surface area contributed by atoms with E-state index in [9.17, 15) is 4.79 Å². The number of nitrogens with one attached hydrogen (secondary N) is 1. The quantitative estimate of drug-likeness (QED) is 0.164. The first-order valence-electron chi connectivity index (χ1n) is 15.3. The summed E-state index contributed by atoms with van der Waals surface area (Å²) in [5.41, 5.74) is 11.8. The molecule has 1 heterocycles. The Hall–Kier alpha value is -3.34. The predicted octanol–water partition coefficient (Wildman–Crippen LogP) is 5.11. The van der Waals surface area contributed by atoms with Crippen LogP contribution in [0.1, 0.15) is 41.8 Å². The molecule has 0 unspecified atom stereocenters. The van der Waals surface area contributed by atoms with Crippen LogP contribution in [-0.2, 0) is 25.4 Å². The van der Waals surface area contributed by atoms with E-state index in [0.29, 0.717) is 65.0 Å². The average Bonchev–Trinajstić information content (AvgIpc) is 3.02. The molecular formula is C34H48N4O5. The average molecular weight is 593 g/mol. The molecule has 0 fully saturated rings. The standard InChI is InChI=1S/C34H48N4O5/c1-4-38(5-2)30-11-12-32(31(26-30)33-24-27(3)13-15-36-33)37-34(39)29-10-6-8-28(25-29)9-7-16-40-18-20-42-22-23-43-21-19-41-17-14-35/h6,8,10-13,15,24-26H,4-5,7,9,14,16-23,35H2,1-3H3,(H,37,39).